The fourth-order valence-electron chi connectivity index (χ4n) is 2.50. The Morgan fingerprint density at radius 3 is 2.46 bits per heavy atom. The van der Waals surface area contributed by atoms with Gasteiger partial charge in [-0.1, -0.05) is 30.3 Å². The summed E-state index contributed by atoms with van der Waals surface area (Å²) in [6, 6.07) is 12.9. The Morgan fingerprint density at radius 2 is 1.88 bits per heavy atom. The molecule has 0 spiro atoms. The van der Waals surface area contributed by atoms with Crippen molar-refractivity contribution in [1.82, 2.24) is 5.32 Å². The predicted molar refractivity (Wildman–Crippen MR) is 104 cm³/mol. The van der Waals surface area contributed by atoms with E-state index in [0.29, 0.717) is 34.5 Å². The van der Waals surface area contributed by atoms with E-state index in [4.69, 9.17) is 0 Å². The van der Waals surface area contributed by atoms with Crippen molar-refractivity contribution in [3.8, 4) is 0 Å². The maximum Gasteiger partial charge on any atom is 0.229 e. The van der Waals surface area contributed by atoms with Gasteiger partial charge < -0.3 is 5.32 Å². The van der Waals surface area contributed by atoms with Crippen molar-refractivity contribution in [2.24, 2.45) is 0 Å². The molecule has 0 heterocycles. The van der Waals surface area contributed by atoms with Crippen LogP contribution in [0.25, 0.3) is 0 Å². The van der Waals surface area contributed by atoms with E-state index in [1.807, 2.05) is 30.3 Å². The highest BCUT2D eigenvalue weighted by Gasteiger charge is 2.17. The summed E-state index contributed by atoms with van der Waals surface area (Å²) in [6.45, 7) is -0.110. The third-order valence-electron chi connectivity index (χ3n) is 3.60. The maximum absolute atomic E-state index is 12.4. The number of hydrogen-bond acceptors (Lipinski definition) is 5. The number of carbonyl (C=O) groups is 2. The van der Waals surface area contributed by atoms with Crippen molar-refractivity contribution in [1.29, 1.82) is 0 Å². The molecule has 2 aromatic rings. The molecule has 2 rings (SSSR count). The number of ketones is 1. The lowest BCUT2D eigenvalue weighted by Crippen LogP contribution is -2.22. The molecule has 0 bridgehead atoms. The molecular formula is C18H20N2O4S2. The summed E-state index contributed by atoms with van der Waals surface area (Å²) in [4.78, 5) is 23.5. The van der Waals surface area contributed by atoms with Crippen molar-refractivity contribution < 1.29 is 18.0 Å². The fraction of sp³-hybridized carbons (Fsp3) is 0.222. The minimum absolute atomic E-state index is 0.110. The minimum atomic E-state index is -3.47. The van der Waals surface area contributed by atoms with Crippen molar-refractivity contribution in [2.45, 2.75) is 11.3 Å². The van der Waals surface area contributed by atoms with Gasteiger partial charge >= 0.3 is 0 Å². The summed E-state index contributed by atoms with van der Waals surface area (Å²) in [5.74, 6) is -0.235. The number of hydrogen-bond donors (Lipinski definition) is 2. The molecule has 2 N–H and O–H groups in total. The summed E-state index contributed by atoms with van der Waals surface area (Å²) in [7, 11) is -3.47. The molecule has 0 aromatic heterocycles. The van der Waals surface area contributed by atoms with Crippen LogP contribution < -0.4 is 10.0 Å². The molecular weight excluding hydrogens is 372 g/mol. The van der Waals surface area contributed by atoms with Gasteiger partial charge in [0.05, 0.1) is 18.5 Å². The monoisotopic (exact) mass is 392 g/mol. The highest BCUT2D eigenvalue weighted by Crippen LogP contribution is 2.30. The first-order valence-corrected chi connectivity index (χ1v) is 10.9. The second kappa shape index (κ2) is 8.86. The van der Waals surface area contributed by atoms with E-state index >= 15 is 0 Å². The van der Waals surface area contributed by atoms with Crippen LogP contribution in [0.2, 0.25) is 0 Å². The van der Waals surface area contributed by atoms with Gasteiger partial charge in [-0.05, 0) is 35.9 Å². The number of anilines is 1. The number of Topliss-reactive ketones (excluding diaryl/α,β-unsaturated/α-hetero) is 1. The van der Waals surface area contributed by atoms with Crippen molar-refractivity contribution in [3.05, 3.63) is 59.2 Å². The van der Waals surface area contributed by atoms with E-state index in [0.717, 1.165) is 11.8 Å². The number of rotatable bonds is 9. The zero-order valence-corrected chi connectivity index (χ0v) is 16.1. The van der Waals surface area contributed by atoms with E-state index in [1.54, 1.807) is 18.4 Å². The first kappa shape index (κ1) is 20.0. The molecule has 0 atom stereocenters. The van der Waals surface area contributed by atoms with Crippen molar-refractivity contribution in [2.75, 3.05) is 23.8 Å². The summed E-state index contributed by atoms with van der Waals surface area (Å²) < 4.78 is 26.0. The minimum Gasteiger partial charge on any atom is -0.351 e. The molecule has 26 heavy (non-hydrogen) atoms. The molecule has 1 amide bonds. The number of thioether (sulfide) groups is 1. The van der Waals surface area contributed by atoms with Crippen LogP contribution in [-0.2, 0) is 21.2 Å². The van der Waals surface area contributed by atoms with Gasteiger partial charge in [-0.3, -0.25) is 14.3 Å². The average Bonchev–Trinajstić information content (AvgIpc) is 2.60. The largest absolute Gasteiger partial charge is 0.351 e. The second-order valence-corrected chi connectivity index (χ2v) is 8.26. The molecule has 0 aliphatic rings. The lowest BCUT2D eigenvalue weighted by atomic mass is 9.99. The zero-order chi connectivity index (χ0) is 19.2. The van der Waals surface area contributed by atoms with Crippen LogP contribution in [0.3, 0.4) is 0 Å². The molecule has 0 aliphatic heterocycles. The summed E-state index contributed by atoms with van der Waals surface area (Å²) in [6.07, 6.45) is 3.83. The first-order valence-electron chi connectivity index (χ1n) is 7.77. The quantitative estimate of drug-likeness (QED) is 0.388. The SMILES string of the molecule is CSc1cc(NS(C)(=O)=O)c(Cc2ccccc2)cc1C(=O)CNC=O. The zero-order valence-electron chi connectivity index (χ0n) is 14.5. The Labute approximate surface area is 157 Å². The summed E-state index contributed by atoms with van der Waals surface area (Å²) in [5.41, 5.74) is 2.58. The molecule has 8 heteroatoms. The van der Waals surface area contributed by atoms with Gasteiger partial charge in [-0.25, -0.2) is 8.42 Å². The maximum atomic E-state index is 12.4. The molecule has 2 aromatic carbocycles. The molecule has 0 saturated heterocycles. The Hall–Kier alpha value is -2.32. The van der Waals surface area contributed by atoms with Crippen LogP contribution in [0.1, 0.15) is 21.5 Å². The predicted octanol–water partition coefficient (Wildman–Crippen LogP) is 2.30. The van der Waals surface area contributed by atoms with E-state index in [-0.39, 0.29) is 12.3 Å². The highest BCUT2D eigenvalue weighted by atomic mass is 32.2. The van der Waals surface area contributed by atoms with Gasteiger partial charge in [0, 0.05) is 10.5 Å². The van der Waals surface area contributed by atoms with Crippen LogP contribution in [0.4, 0.5) is 5.69 Å². The van der Waals surface area contributed by atoms with Crippen LogP contribution in [-0.4, -0.2) is 39.7 Å². The third kappa shape index (κ3) is 5.60. The molecule has 0 fully saturated rings. The third-order valence-corrected chi connectivity index (χ3v) is 4.97. The van der Waals surface area contributed by atoms with Gasteiger partial charge in [0.15, 0.2) is 5.78 Å². The smallest absolute Gasteiger partial charge is 0.229 e. The summed E-state index contributed by atoms with van der Waals surface area (Å²) in [5, 5.41) is 2.37. The van der Waals surface area contributed by atoms with Crippen molar-refractivity contribution >= 4 is 39.7 Å². The Bertz CT molecular complexity index is 897. The van der Waals surface area contributed by atoms with Crippen molar-refractivity contribution in [3.63, 3.8) is 0 Å². The molecule has 0 aliphatic carbocycles. The van der Waals surface area contributed by atoms with Gasteiger partial charge in [0.1, 0.15) is 0 Å². The number of benzene rings is 2. The normalized spacial score (nSPS) is 11.0. The molecule has 0 unspecified atom stereocenters. The van der Waals surface area contributed by atoms with Gasteiger partial charge in [-0.2, -0.15) is 0 Å². The molecule has 6 nitrogen and oxygen atoms in total. The van der Waals surface area contributed by atoms with Gasteiger partial charge in [0.25, 0.3) is 0 Å². The molecule has 138 valence electrons. The average molecular weight is 393 g/mol. The molecule has 0 saturated carbocycles. The lowest BCUT2D eigenvalue weighted by molar-refractivity contribution is -0.109. The number of carbonyl (C=O) groups excluding carboxylic acids is 2. The van der Waals surface area contributed by atoms with Gasteiger partial charge in [0.2, 0.25) is 16.4 Å². The summed E-state index contributed by atoms with van der Waals surface area (Å²) >= 11 is 1.34. The van der Waals surface area contributed by atoms with E-state index in [9.17, 15) is 18.0 Å². The lowest BCUT2D eigenvalue weighted by Gasteiger charge is -2.16. The van der Waals surface area contributed by atoms with E-state index in [2.05, 4.69) is 10.0 Å². The Balaban J connectivity index is 2.52. The van der Waals surface area contributed by atoms with Crippen LogP contribution in [0.15, 0.2) is 47.4 Å². The highest BCUT2D eigenvalue weighted by molar-refractivity contribution is 7.98. The van der Waals surface area contributed by atoms with E-state index in [1.165, 1.54) is 11.8 Å². The second-order valence-electron chi connectivity index (χ2n) is 5.67. The number of amides is 1. The van der Waals surface area contributed by atoms with Crippen LogP contribution in [0.5, 0.6) is 0 Å². The van der Waals surface area contributed by atoms with Crippen LogP contribution in [0, 0.1) is 0 Å². The van der Waals surface area contributed by atoms with E-state index < -0.39 is 10.0 Å². The Kier molecular flexibility index (Phi) is 6.82. The topological polar surface area (TPSA) is 92.3 Å². The number of sulfonamides is 1. The molecule has 0 radical (unpaired) electrons. The van der Waals surface area contributed by atoms with Gasteiger partial charge in [-0.15, -0.1) is 11.8 Å². The fourth-order valence-corrected chi connectivity index (χ4v) is 3.72. The number of nitrogens with one attached hydrogen (secondary N) is 2. The standard InChI is InChI=1S/C18H20N2O4S2/c1-25-18-10-16(20-26(2,23)24)14(8-13-6-4-3-5-7-13)9-15(18)17(22)11-19-12-21/h3-7,9-10,12,20H,8,11H2,1-2H3,(H,19,21). The first-order chi connectivity index (χ1) is 12.3. The van der Waals surface area contributed by atoms with Crippen LogP contribution >= 0.6 is 11.8 Å². The Morgan fingerprint density at radius 1 is 1.19 bits per heavy atom.